The summed E-state index contributed by atoms with van der Waals surface area (Å²) < 4.78 is 13.4. The molecule has 0 N–H and O–H groups in total. The Labute approximate surface area is 121 Å². The number of carbonyl (C=O) groups is 1. The maximum Gasteiger partial charge on any atom is 0.264 e. The van der Waals surface area contributed by atoms with Crippen molar-refractivity contribution in [2.24, 2.45) is 0 Å². The number of amides is 1. The summed E-state index contributed by atoms with van der Waals surface area (Å²) in [7, 11) is 0. The van der Waals surface area contributed by atoms with Gasteiger partial charge in [-0.1, -0.05) is 6.07 Å². The normalized spacial score (nSPS) is 17.9. The van der Waals surface area contributed by atoms with Crippen LogP contribution in [0.4, 0.5) is 4.39 Å². The fourth-order valence-electron chi connectivity index (χ4n) is 2.75. The van der Waals surface area contributed by atoms with Crippen LogP contribution < -0.4 is 0 Å². The lowest BCUT2D eigenvalue weighted by Gasteiger charge is -2.35. The molecule has 4 heteroatoms. The smallest absolute Gasteiger partial charge is 0.264 e. The predicted molar refractivity (Wildman–Crippen MR) is 78.6 cm³/mol. The van der Waals surface area contributed by atoms with Crippen LogP contribution in [0, 0.1) is 12.7 Å². The number of rotatable bonds is 1. The fourth-order valence-corrected chi connectivity index (χ4v) is 3.58. The molecule has 2 aromatic rings. The van der Waals surface area contributed by atoms with Crippen molar-refractivity contribution in [2.75, 3.05) is 6.54 Å². The summed E-state index contributed by atoms with van der Waals surface area (Å²) >= 11 is 1.51. The topological polar surface area (TPSA) is 20.3 Å². The Hall–Kier alpha value is -1.68. The molecule has 0 bridgehead atoms. The van der Waals surface area contributed by atoms with Gasteiger partial charge in [0.25, 0.3) is 5.91 Å². The zero-order valence-electron chi connectivity index (χ0n) is 11.5. The van der Waals surface area contributed by atoms with E-state index in [4.69, 9.17) is 0 Å². The van der Waals surface area contributed by atoms with E-state index in [1.165, 1.54) is 17.4 Å². The van der Waals surface area contributed by atoms with Gasteiger partial charge in [0.2, 0.25) is 0 Å². The molecule has 2 nitrogen and oxygen atoms in total. The zero-order valence-corrected chi connectivity index (χ0v) is 12.3. The van der Waals surface area contributed by atoms with Gasteiger partial charge in [0, 0.05) is 11.4 Å². The highest BCUT2D eigenvalue weighted by Gasteiger charge is 2.29. The molecule has 0 radical (unpaired) electrons. The van der Waals surface area contributed by atoms with Crippen molar-refractivity contribution in [1.82, 2.24) is 4.90 Å². The Morgan fingerprint density at radius 2 is 2.15 bits per heavy atom. The van der Waals surface area contributed by atoms with E-state index in [1.807, 2.05) is 36.9 Å². The SMILES string of the molecule is Cc1ccc(C(=O)N2CCc3ccc(F)cc3C2C)s1. The maximum absolute atomic E-state index is 13.4. The van der Waals surface area contributed by atoms with E-state index in [-0.39, 0.29) is 17.8 Å². The van der Waals surface area contributed by atoms with Gasteiger partial charge in [0.15, 0.2) is 0 Å². The largest absolute Gasteiger partial charge is 0.331 e. The van der Waals surface area contributed by atoms with Gasteiger partial charge in [-0.15, -0.1) is 11.3 Å². The van der Waals surface area contributed by atoms with E-state index in [1.54, 1.807) is 6.07 Å². The number of aryl methyl sites for hydroxylation is 1. The van der Waals surface area contributed by atoms with Crippen LogP contribution in [0.2, 0.25) is 0 Å². The fraction of sp³-hybridized carbons (Fsp3) is 0.312. The Morgan fingerprint density at radius 3 is 2.85 bits per heavy atom. The van der Waals surface area contributed by atoms with Crippen molar-refractivity contribution in [3.63, 3.8) is 0 Å². The summed E-state index contributed by atoms with van der Waals surface area (Å²) in [5.74, 6) is -0.192. The van der Waals surface area contributed by atoms with Crippen LogP contribution in [0.1, 0.15) is 38.6 Å². The van der Waals surface area contributed by atoms with E-state index in [9.17, 15) is 9.18 Å². The second-order valence-electron chi connectivity index (χ2n) is 5.18. The van der Waals surface area contributed by atoms with Crippen molar-refractivity contribution in [3.8, 4) is 0 Å². The van der Waals surface area contributed by atoms with Crippen molar-refractivity contribution < 1.29 is 9.18 Å². The van der Waals surface area contributed by atoms with Gasteiger partial charge in [0.05, 0.1) is 10.9 Å². The molecule has 0 saturated carbocycles. The Balaban J connectivity index is 1.91. The minimum absolute atomic E-state index is 0.0468. The van der Waals surface area contributed by atoms with Crippen LogP contribution in [-0.2, 0) is 6.42 Å². The second kappa shape index (κ2) is 5.02. The Kier molecular flexibility index (Phi) is 3.34. The van der Waals surface area contributed by atoms with Crippen LogP contribution in [-0.4, -0.2) is 17.4 Å². The van der Waals surface area contributed by atoms with Crippen molar-refractivity contribution in [1.29, 1.82) is 0 Å². The summed E-state index contributed by atoms with van der Waals surface area (Å²) in [6, 6.07) is 8.63. The monoisotopic (exact) mass is 289 g/mol. The number of hydrogen-bond donors (Lipinski definition) is 0. The molecule has 1 atom stereocenters. The molecule has 0 fully saturated rings. The standard InChI is InChI=1S/C16H16FNOS/c1-10-3-6-15(20-10)16(19)18-8-7-12-4-5-13(17)9-14(12)11(18)2/h3-6,9,11H,7-8H2,1-2H3. The third-order valence-electron chi connectivity index (χ3n) is 3.86. The van der Waals surface area contributed by atoms with Gasteiger partial charge in [-0.3, -0.25) is 4.79 Å². The van der Waals surface area contributed by atoms with E-state index >= 15 is 0 Å². The van der Waals surface area contributed by atoms with Crippen LogP contribution in [0.15, 0.2) is 30.3 Å². The van der Waals surface area contributed by atoms with Gasteiger partial charge in [-0.25, -0.2) is 4.39 Å². The molecule has 20 heavy (non-hydrogen) atoms. The molecule has 0 aliphatic carbocycles. The minimum Gasteiger partial charge on any atom is -0.331 e. The third-order valence-corrected chi connectivity index (χ3v) is 4.85. The number of benzene rings is 1. The zero-order chi connectivity index (χ0) is 14.3. The van der Waals surface area contributed by atoms with Gasteiger partial charge < -0.3 is 4.90 Å². The number of nitrogens with zero attached hydrogens (tertiary/aromatic N) is 1. The van der Waals surface area contributed by atoms with Crippen LogP contribution in [0.25, 0.3) is 0 Å². The molecule has 1 aliphatic rings. The van der Waals surface area contributed by atoms with Crippen molar-refractivity contribution in [2.45, 2.75) is 26.3 Å². The molecule has 1 aromatic heterocycles. The van der Waals surface area contributed by atoms with Crippen molar-refractivity contribution in [3.05, 3.63) is 57.0 Å². The summed E-state index contributed by atoms with van der Waals surface area (Å²) in [5, 5.41) is 0. The molecule has 1 aliphatic heterocycles. The predicted octanol–water partition coefficient (Wildman–Crippen LogP) is 3.96. The summed E-state index contributed by atoms with van der Waals surface area (Å²) in [6.45, 7) is 4.65. The van der Waals surface area contributed by atoms with Gasteiger partial charge in [-0.05, 0) is 55.7 Å². The molecule has 104 valence electrons. The first-order chi connectivity index (χ1) is 9.56. The summed E-state index contributed by atoms with van der Waals surface area (Å²) in [6.07, 6.45) is 0.788. The van der Waals surface area contributed by atoms with Crippen molar-refractivity contribution >= 4 is 17.2 Å². The van der Waals surface area contributed by atoms with Gasteiger partial charge in [-0.2, -0.15) is 0 Å². The van der Waals surface area contributed by atoms with E-state index in [2.05, 4.69) is 0 Å². The first-order valence-corrected chi connectivity index (χ1v) is 7.53. The van der Waals surface area contributed by atoms with Gasteiger partial charge >= 0.3 is 0 Å². The lowest BCUT2D eigenvalue weighted by atomic mass is 9.93. The highest BCUT2D eigenvalue weighted by atomic mass is 32.1. The quantitative estimate of drug-likeness (QED) is 0.778. The molecule has 3 rings (SSSR count). The Morgan fingerprint density at radius 1 is 1.35 bits per heavy atom. The minimum atomic E-state index is -0.239. The molecule has 1 amide bonds. The average molecular weight is 289 g/mol. The molecule has 0 spiro atoms. The number of halogens is 1. The number of hydrogen-bond acceptors (Lipinski definition) is 2. The van der Waals surface area contributed by atoms with Gasteiger partial charge in [0.1, 0.15) is 5.82 Å². The molecule has 1 unspecified atom stereocenters. The van der Waals surface area contributed by atoms with Crippen LogP contribution >= 0.6 is 11.3 Å². The molecule has 1 aromatic carbocycles. The lowest BCUT2D eigenvalue weighted by molar-refractivity contribution is 0.0682. The first-order valence-electron chi connectivity index (χ1n) is 6.72. The molecule has 2 heterocycles. The first kappa shape index (κ1) is 13.3. The highest BCUT2D eigenvalue weighted by molar-refractivity contribution is 7.13. The summed E-state index contributed by atoms with van der Waals surface area (Å²) in [5.41, 5.74) is 2.07. The maximum atomic E-state index is 13.4. The summed E-state index contributed by atoms with van der Waals surface area (Å²) in [4.78, 5) is 16.3. The Bertz CT molecular complexity index is 664. The number of thiophene rings is 1. The number of fused-ring (bicyclic) bond motifs is 1. The van der Waals surface area contributed by atoms with Crippen LogP contribution in [0.5, 0.6) is 0 Å². The molecule has 0 saturated heterocycles. The highest BCUT2D eigenvalue weighted by Crippen LogP contribution is 2.32. The number of carbonyl (C=O) groups excluding carboxylic acids is 1. The van der Waals surface area contributed by atoms with E-state index < -0.39 is 0 Å². The van der Waals surface area contributed by atoms with E-state index in [0.717, 1.165) is 27.3 Å². The second-order valence-corrected chi connectivity index (χ2v) is 6.47. The van der Waals surface area contributed by atoms with E-state index in [0.29, 0.717) is 6.54 Å². The lowest BCUT2D eigenvalue weighted by Crippen LogP contribution is -2.38. The molecular weight excluding hydrogens is 273 g/mol. The molecular formula is C16H16FNOS. The average Bonchev–Trinajstić information content (AvgIpc) is 2.86. The third kappa shape index (κ3) is 2.24. The van der Waals surface area contributed by atoms with Crippen LogP contribution in [0.3, 0.4) is 0 Å².